The molecule has 1 aromatic heterocycles. The summed E-state index contributed by atoms with van der Waals surface area (Å²) in [4.78, 5) is 12.6. The number of thioether (sulfide) groups is 1. The van der Waals surface area contributed by atoms with Crippen molar-refractivity contribution in [3.63, 3.8) is 0 Å². The highest BCUT2D eigenvalue weighted by molar-refractivity contribution is 9.10. The van der Waals surface area contributed by atoms with Crippen molar-refractivity contribution in [1.82, 2.24) is 14.8 Å². The molecule has 3 aromatic carbocycles. The fraction of sp³-hybridized carbons (Fsp3) is 0.192. The lowest BCUT2D eigenvalue weighted by molar-refractivity contribution is -0.113. The molecule has 0 fully saturated rings. The van der Waals surface area contributed by atoms with E-state index in [0.29, 0.717) is 16.7 Å². The Morgan fingerprint density at radius 2 is 1.77 bits per heavy atom. The van der Waals surface area contributed by atoms with Gasteiger partial charge in [-0.25, -0.2) is 0 Å². The number of anilines is 1. The lowest BCUT2D eigenvalue weighted by Crippen LogP contribution is -2.15. The summed E-state index contributed by atoms with van der Waals surface area (Å²) in [5.74, 6) is 2.15. The number of hydrogen-bond acceptors (Lipinski definition) is 6. The third-order valence-corrected chi connectivity index (χ3v) is 7.00. The Bertz CT molecular complexity index is 1300. The molecular formula is C26H25BrN4O3S. The minimum Gasteiger partial charge on any atom is -0.497 e. The molecule has 4 rings (SSSR count). The first kappa shape index (κ1) is 24.8. The predicted molar refractivity (Wildman–Crippen MR) is 142 cm³/mol. The number of carbonyl (C=O) groups is 1. The van der Waals surface area contributed by atoms with E-state index in [9.17, 15) is 4.79 Å². The highest BCUT2D eigenvalue weighted by Crippen LogP contribution is 2.29. The third-order valence-electron chi connectivity index (χ3n) is 5.18. The Balaban J connectivity index is 1.52. The van der Waals surface area contributed by atoms with Gasteiger partial charge in [0.25, 0.3) is 0 Å². The van der Waals surface area contributed by atoms with Crippen molar-refractivity contribution in [1.29, 1.82) is 0 Å². The molecule has 0 saturated heterocycles. The Hall–Kier alpha value is -3.30. The van der Waals surface area contributed by atoms with Crippen molar-refractivity contribution in [2.24, 2.45) is 0 Å². The molecule has 4 aromatic rings. The molecule has 0 aliphatic rings. The molecular weight excluding hydrogens is 528 g/mol. The van der Waals surface area contributed by atoms with Crippen LogP contribution < -0.4 is 14.8 Å². The van der Waals surface area contributed by atoms with E-state index in [1.54, 1.807) is 7.11 Å². The number of nitrogens with one attached hydrogen (secondary N) is 1. The Labute approximate surface area is 217 Å². The molecule has 0 radical (unpaired) electrons. The van der Waals surface area contributed by atoms with Crippen molar-refractivity contribution in [2.45, 2.75) is 25.1 Å². The van der Waals surface area contributed by atoms with Gasteiger partial charge in [-0.2, -0.15) is 0 Å². The van der Waals surface area contributed by atoms with Gasteiger partial charge in [0.1, 0.15) is 11.5 Å². The molecule has 35 heavy (non-hydrogen) atoms. The van der Waals surface area contributed by atoms with Crippen molar-refractivity contribution in [2.75, 3.05) is 18.2 Å². The molecule has 1 heterocycles. The van der Waals surface area contributed by atoms with Gasteiger partial charge in [-0.05, 0) is 74.0 Å². The number of halogens is 1. The van der Waals surface area contributed by atoms with Gasteiger partial charge in [0, 0.05) is 15.8 Å². The van der Waals surface area contributed by atoms with E-state index < -0.39 is 0 Å². The third kappa shape index (κ3) is 6.23. The molecule has 0 aliphatic carbocycles. The van der Waals surface area contributed by atoms with Crippen LogP contribution in [0.1, 0.15) is 24.4 Å². The van der Waals surface area contributed by atoms with Gasteiger partial charge >= 0.3 is 0 Å². The summed E-state index contributed by atoms with van der Waals surface area (Å²) < 4.78 is 14.3. The fourth-order valence-corrected chi connectivity index (χ4v) is 4.42. The van der Waals surface area contributed by atoms with Gasteiger partial charge in [-0.1, -0.05) is 45.9 Å². The first-order valence-electron chi connectivity index (χ1n) is 10.9. The maximum absolute atomic E-state index is 12.6. The summed E-state index contributed by atoms with van der Waals surface area (Å²) in [5.41, 5.74) is 2.70. The molecule has 7 nitrogen and oxygen atoms in total. The smallest absolute Gasteiger partial charge is 0.234 e. The van der Waals surface area contributed by atoms with E-state index in [2.05, 4.69) is 31.4 Å². The zero-order valence-corrected chi connectivity index (χ0v) is 22.0. The van der Waals surface area contributed by atoms with Crippen LogP contribution in [0, 0.1) is 6.92 Å². The molecule has 0 spiro atoms. The van der Waals surface area contributed by atoms with E-state index in [-0.39, 0.29) is 17.8 Å². The standard InChI is InChI=1S/C26H25BrN4O3S/c1-17-15-19(9-14-23(17)27)28-24(32)16-35-26-30-29-25(31(26)20-7-5-4-6-8-20)18(2)34-22-12-10-21(33-3)11-13-22/h4-15,18H,16H2,1-3H3,(H,28,32). The Kier molecular flexibility index (Phi) is 8.09. The van der Waals surface area contributed by atoms with Crippen LogP contribution in [0.3, 0.4) is 0 Å². The van der Waals surface area contributed by atoms with Gasteiger partial charge in [0.2, 0.25) is 5.91 Å². The summed E-state index contributed by atoms with van der Waals surface area (Å²) in [6.07, 6.45) is -0.384. The topological polar surface area (TPSA) is 78.3 Å². The SMILES string of the molecule is COc1ccc(OC(C)c2nnc(SCC(=O)Nc3ccc(Br)c(C)c3)n2-c2ccccc2)cc1. The van der Waals surface area contributed by atoms with Crippen LogP contribution >= 0.6 is 27.7 Å². The number of para-hydroxylation sites is 1. The summed E-state index contributed by atoms with van der Waals surface area (Å²) >= 11 is 4.80. The average molecular weight is 553 g/mol. The molecule has 9 heteroatoms. The Morgan fingerprint density at radius 3 is 2.46 bits per heavy atom. The molecule has 1 atom stereocenters. The number of rotatable bonds is 9. The van der Waals surface area contributed by atoms with Gasteiger partial charge in [0.05, 0.1) is 12.9 Å². The van der Waals surface area contributed by atoms with Crippen molar-refractivity contribution in [3.05, 3.63) is 88.7 Å². The van der Waals surface area contributed by atoms with Crippen LogP contribution in [0.2, 0.25) is 0 Å². The van der Waals surface area contributed by atoms with E-state index in [1.165, 1.54) is 11.8 Å². The van der Waals surface area contributed by atoms with E-state index >= 15 is 0 Å². The number of benzene rings is 3. The summed E-state index contributed by atoms with van der Waals surface area (Å²) in [7, 11) is 1.63. The van der Waals surface area contributed by atoms with Crippen LogP contribution in [0.4, 0.5) is 5.69 Å². The zero-order valence-electron chi connectivity index (χ0n) is 19.6. The second-order valence-corrected chi connectivity index (χ2v) is 9.54. The van der Waals surface area contributed by atoms with Gasteiger partial charge in [0.15, 0.2) is 17.1 Å². The maximum atomic E-state index is 12.6. The van der Waals surface area contributed by atoms with Gasteiger partial charge < -0.3 is 14.8 Å². The lowest BCUT2D eigenvalue weighted by Gasteiger charge is -2.17. The lowest BCUT2D eigenvalue weighted by atomic mass is 10.2. The van der Waals surface area contributed by atoms with Crippen molar-refractivity contribution >= 4 is 39.3 Å². The van der Waals surface area contributed by atoms with E-state index in [4.69, 9.17) is 9.47 Å². The van der Waals surface area contributed by atoms with Crippen LogP contribution in [0.5, 0.6) is 11.5 Å². The van der Waals surface area contributed by atoms with Gasteiger partial charge in [-0.15, -0.1) is 10.2 Å². The summed E-state index contributed by atoms with van der Waals surface area (Å²) in [5, 5.41) is 12.3. The van der Waals surface area contributed by atoms with Crippen LogP contribution in [-0.2, 0) is 4.79 Å². The number of hydrogen-bond donors (Lipinski definition) is 1. The number of carbonyl (C=O) groups excluding carboxylic acids is 1. The minimum absolute atomic E-state index is 0.122. The van der Waals surface area contributed by atoms with E-state index in [1.807, 2.05) is 91.2 Å². The molecule has 1 amide bonds. The molecule has 0 aliphatic heterocycles. The second kappa shape index (κ2) is 11.4. The largest absolute Gasteiger partial charge is 0.497 e. The number of amides is 1. The fourth-order valence-electron chi connectivity index (χ4n) is 3.42. The molecule has 1 unspecified atom stereocenters. The second-order valence-electron chi connectivity index (χ2n) is 7.75. The maximum Gasteiger partial charge on any atom is 0.234 e. The quantitative estimate of drug-likeness (QED) is 0.248. The number of ether oxygens (including phenoxy) is 2. The number of nitrogens with zero attached hydrogens (tertiary/aromatic N) is 3. The van der Waals surface area contributed by atoms with Crippen LogP contribution in [0.15, 0.2) is 82.4 Å². The molecule has 0 bridgehead atoms. The van der Waals surface area contributed by atoms with E-state index in [0.717, 1.165) is 27.2 Å². The number of aromatic nitrogens is 3. The molecule has 1 N–H and O–H groups in total. The first-order chi connectivity index (χ1) is 16.9. The summed E-state index contributed by atoms with van der Waals surface area (Å²) in [6, 6.07) is 22.9. The van der Waals surface area contributed by atoms with Crippen LogP contribution in [0.25, 0.3) is 5.69 Å². The predicted octanol–water partition coefficient (Wildman–Crippen LogP) is 6.22. The number of methoxy groups -OCH3 is 1. The zero-order chi connectivity index (χ0) is 24.8. The summed E-state index contributed by atoms with van der Waals surface area (Å²) in [6.45, 7) is 3.90. The van der Waals surface area contributed by atoms with Crippen LogP contribution in [-0.4, -0.2) is 33.5 Å². The highest BCUT2D eigenvalue weighted by Gasteiger charge is 2.21. The van der Waals surface area contributed by atoms with Gasteiger partial charge in [-0.3, -0.25) is 9.36 Å². The Morgan fingerprint density at radius 1 is 1.06 bits per heavy atom. The highest BCUT2D eigenvalue weighted by atomic mass is 79.9. The van der Waals surface area contributed by atoms with Crippen molar-refractivity contribution < 1.29 is 14.3 Å². The minimum atomic E-state index is -0.384. The first-order valence-corrected chi connectivity index (χ1v) is 12.7. The monoisotopic (exact) mass is 552 g/mol. The molecule has 180 valence electrons. The number of aryl methyl sites for hydroxylation is 1. The normalized spacial score (nSPS) is 11.7. The average Bonchev–Trinajstić information content (AvgIpc) is 3.30. The molecule has 0 saturated carbocycles. The van der Waals surface area contributed by atoms with Crippen molar-refractivity contribution in [3.8, 4) is 17.2 Å².